The Hall–Kier alpha value is -2.59. The van der Waals surface area contributed by atoms with Crippen molar-refractivity contribution in [2.24, 2.45) is 0 Å². The molecule has 1 amide bonds. The number of imidazole rings is 1. The Morgan fingerprint density at radius 3 is 2.59 bits per heavy atom. The molecule has 0 bridgehead atoms. The van der Waals surface area contributed by atoms with E-state index in [2.05, 4.69) is 10.3 Å². The molecule has 2 aromatic carbocycles. The molecule has 4 nitrogen and oxygen atoms in total. The van der Waals surface area contributed by atoms with Gasteiger partial charge in [-0.05, 0) is 29.8 Å². The van der Waals surface area contributed by atoms with E-state index in [0.29, 0.717) is 10.6 Å². The van der Waals surface area contributed by atoms with Crippen LogP contribution in [0, 0.1) is 0 Å². The van der Waals surface area contributed by atoms with Gasteiger partial charge < -0.3 is 9.88 Å². The molecule has 22 heavy (non-hydrogen) atoms. The highest BCUT2D eigenvalue weighted by atomic mass is 35.5. The third-order valence-electron chi connectivity index (χ3n) is 3.25. The first kappa shape index (κ1) is 14.4. The van der Waals surface area contributed by atoms with E-state index in [1.807, 2.05) is 35.0 Å². The zero-order valence-corrected chi connectivity index (χ0v) is 12.5. The summed E-state index contributed by atoms with van der Waals surface area (Å²) in [5.41, 5.74) is 2.33. The Bertz CT molecular complexity index is 767. The Morgan fingerprint density at radius 1 is 1.14 bits per heavy atom. The van der Waals surface area contributed by atoms with Crippen molar-refractivity contribution < 1.29 is 4.79 Å². The van der Waals surface area contributed by atoms with Crippen LogP contribution in [0.1, 0.15) is 15.9 Å². The quantitative estimate of drug-likeness (QED) is 0.796. The van der Waals surface area contributed by atoms with E-state index in [1.165, 1.54) is 0 Å². The molecule has 0 spiro atoms. The standard InChI is InChI=1S/C17H14ClN3O/c18-16-4-2-1-3-15(16)17(22)20-14-7-5-13(6-8-14)11-21-10-9-19-12-21/h1-10,12H,11H2,(H,20,22). The van der Waals surface area contributed by atoms with Crippen molar-refractivity contribution in [2.45, 2.75) is 6.54 Å². The molecule has 0 unspecified atom stereocenters. The molecule has 0 aliphatic carbocycles. The van der Waals surface area contributed by atoms with E-state index in [1.54, 1.807) is 36.8 Å². The van der Waals surface area contributed by atoms with Gasteiger partial charge in [-0.15, -0.1) is 0 Å². The predicted molar refractivity (Wildman–Crippen MR) is 87.2 cm³/mol. The van der Waals surface area contributed by atoms with Gasteiger partial charge in [0.2, 0.25) is 0 Å². The molecule has 0 aliphatic heterocycles. The minimum atomic E-state index is -0.215. The van der Waals surface area contributed by atoms with Crippen molar-refractivity contribution in [1.82, 2.24) is 9.55 Å². The highest BCUT2D eigenvalue weighted by Crippen LogP contribution is 2.17. The van der Waals surface area contributed by atoms with Crippen molar-refractivity contribution in [2.75, 3.05) is 5.32 Å². The van der Waals surface area contributed by atoms with E-state index in [4.69, 9.17) is 11.6 Å². The van der Waals surface area contributed by atoms with Gasteiger partial charge in [0.05, 0.1) is 16.9 Å². The molecule has 3 rings (SSSR count). The maximum Gasteiger partial charge on any atom is 0.257 e. The average molecular weight is 312 g/mol. The highest BCUT2D eigenvalue weighted by molar-refractivity contribution is 6.34. The van der Waals surface area contributed by atoms with Crippen LogP contribution in [0.25, 0.3) is 0 Å². The Kier molecular flexibility index (Phi) is 4.21. The fourth-order valence-corrected chi connectivity index (χ4v) is 2.35. The summed E-state index contributed by atoms with van der Waals surface area (Å²) in [7, 11) is 0. The van der Waals surface area contributed by atoms with Crippen molar-refractivity contribution >= 4 is 23.2 Å². The number of nitrogens with one attached hydrogen (secondary N) is 1. The molecular formula is C17H14ClN3O. The molecule has 1 aromatic heterocycles. The lowest BCUT2D eigenvalue weighted by atomic mass is 10.2. The number of carbonyl (C=O) groups is 1. The van der Waals surface area contributed by atoms with Crippen LogP contribution in [0.15, 0.2) is 67.3 Å². The van der Waals surface area contributed by atoms with Gasteiger partial charge in [0.25, 0.3) is 5.91 Å². The summed E-state index contributed by atoms with van der Waals surface area (Å²) in [4.78, 5) is 16.2. The lowest BCUT2D eigenvalue weighted by Crippen LogP contribution is -2.12. The van der Waals surface area contributed by atoms with Crippen molar-refractivity contribution in [1.29, 1.82) is 0 Å². The smallest absolute Gasteiger partial charge is 0.257 e. The molecule has 0 fully saturated rings. The van der Waals surface area contributed by atoms with Gasteiger partial charge in [-0.2, -0.15) is 0 Å². The van der Waals surface area contributed by atoms with Crippen LogP contribution >= 0.6 is 11.6 Å². The summed E-state index contributed by atoms with van der Waals surface area (Å²) in [6.07, 6.45) is 5.43. The summed E-state index contributed by atoms with van der Waals surface area (Å²) < 4.78 is 1.98. The Morgan fingerprint density at radius 2 is 1.91 bits per heavy atom. The van der Waals surface area contributed by atoms with Crippen molar-refractivity contribution in [3.63, 3.8) is 0 Å². The summed E-state index contributed by atoms with van der Waals surface area (Å²) >= 11 is 6.02. The van der Waals surface area contributed by atoms with Crippen LogP contribution in [-0.2, 0) is 6.54 Å². The van der Waals surface area contributed by atoms with Gasteiger partial charge in [0, 0.05) is 24.6 Å². The lowest BCUT2D eigenvalue weighted by Gasteiger charge is -2.08. The SMILES string of the molecule is O=C(Nc1ccc(Cn2ccnc2)cc1)c1ccccc1Cl. The Labute approximate surface area is 133 Å². The van der Waals surface area contributed by atoms with Crippen LogP contribution in [0.3, 0.4) is 0 Å². The average Bonchev–Trinajstić information content (AvgIpc) is 3.02. The fraction of sp³-hybridized carbons (Fsp3) is 0.0588. The third-order valence-corrected chi connectivity index (χ3v) is 3.58. The number of hydrogen-bond donors (Lipinski definition) is 1. The first-order valence-electron chi connectivity index (χ1n) is 6.83. The topological polar surface area (TPSA) is 46.9 Å². The second-order valence-corrected chi connectivity index (χ2v) is 5.27. The molecular weight excluding hydrogens is 298 g/mol. The second-order valence-electron chi connectivity index (χ2n) is 4.87. The fourth-order valence-electron chi connectivity index (χ4n) is 2.13. The van der Waals surface area contributed by atoms with E-state index in [-0.39, 0.29) is 5.91 Å². The molecule has 3 aromatic rings. The number of rotatable bonds is 4. The molecule has 0 saturated heterocycles. The minimum Gasteiger partial charge on any atom is -0.333 e. The molecule has 0 saturated carbocycles. The van der Waals surface area contributed by atoms with E-state index < -0.39 is 0 Å². The van der Waals surface area contributed by atoms with Crippen molar-refractivity contribution in [3.8, 4) is 0 Å². The van der Waals surface area contributed by atoms with E-state index in [0.717, 1.165) is 17.8 Å². The predicted octanol–water partition coefficient (Wildman–Crippen LogP) is 3.84. The number of carbonyl (C=O) groups excluding carboxylic acids is 1. The molecule has 0 aliphatic rings. The largest absolute Gasteiger partial charge is 0.333 e. The summed E-state index contributed by atoms with van der Waals surface area (Å²) in [5.74, 6) is -0.215. The first-order valence-corrected chi connectivity index (χ1v) is 7.21. The zero-order valence-electron chi connectivity index (χ0n) is 11.7. The van der Waals surface area contributed by atoms with Gasteiger partial charge in [0.15, 0.2) is 0 Å². The minimum absolute atomic E-state index is 0.215. The van der Waals surface area contributed by atoms with Gasteiger partial charge >= 0.3 is 0 Å². The van der Waals surface area contributed by atoms with E-state index in [9.17, 15) is 4.79 Å². The highest BCUT2D eigenvalue weighted by Gasteiger charge is 2.09. The number of halogens is 1. The maximum absolute atomic E-state index is 12.2. The van der Waals surface area contributed by atoms with Crippen LogP contribution in [0.4, 0.5) is 5.69 Å². The monoisotopic (exact) mass is 311 g/mol. The van der Waals surface area contributed by atoms with E-state index >= 15 is 0 Å². The molecule has 1 heterocycles. The number of anilines is 1. The lowest BCUT2D eigenvalue weighted by molar-refractivity contribution is 0.102. The first-order chi connectivity index (χ1) is 10.7. The zero-order chi connectivity index (χ0) is 15.4. The van der Waals surface area contributed by atoms with Crippen LogP contribution < -0.4 is 5.32 Å². The van der Waals surface area contributed by atoms with Crippen molar-refractivity contribution in [3.05, 3.63) is 83.4 Å². The van der Waals surface area contributed by atoms with Gasteiger partial charge in [-0.3, -0.25) is 4.79 Å². The number of aromatic nitrogens is 2. The Balaban J connectivity index is 1.68. The number of amides is 1. The number of nitrogens with zero attached hydrogens (tertiary/aromatic N) is 2. The molecule has 110 valence electrons. The van der Waals surface area contributed by atoms with Crippen LogP contribution in [-0.4, -0.2) is 15.5 Å². The van der Waals surface area contributed by atoms with Gasteiger partial charge in [-0.1, -0.05) is 35.9 Å². The third kappa shape index (κ3) is 3.35. The summed E-state index contributed by atoms with van der Waals surface area (Å²) in [6.45, 7) is 0.749. The molecule has 0 atom stereocenters. The number of hydrogen-bond acceptors (Lipinski definition) is 2. The summed E-state index contributed by atoms with van der Waals surface area (Å²) in [5, 5.41) is 3.28. The van der Waals surface area contributed by atoms with Crippen LogP contribution in [0.2, 0.25) is 5.02 Å². The number of benzene rings is 2. The molecule has 5 heteroatoms. The molecule has 0 radical (unpaired) electrons. The summed E-state index contributed by atoms with van der Waals surface area (Å²) in [6, 6.07) is 14.7. The molecule has 1 N–H and O–H groups in total. The normalized spacial score (nSPS) is 10.4. The maximum atomic E-state index is 12.2. The second kappa shape index (κ2) is 6.45. The van der Waals surface area contributed by atoms with Crippen LogP contribution in [0.5, 0.6) is 0 Å². The van der Waals surface area contributed by atoms with Gasteiger partial charge in [0.1, 0.15) is 0 Å². The van der Waals surface area contributed by atoms with Gasteiger partial charge in [-0.25, -0.2) is 4.98 Å².